The quantitative estimate of drug-likeness (QED) is 0.759. The lowest BCUT2D eigenvalue weighted by atomic mass is 9.81. The number of hydrogen-bond acceptors (Lipinski definition) is 4. The normalized spacial score (nSPS) is 24.8. The molecule has 1 saturated carbocycles. The first-order chi connectivity index (χ1) is 13.7. The first-order valence-corrected chi connectivity index (χ1v) is 9.46. The maximum Gasteiger partial charge on any atom is 0.229 e. The zero-order valence-electron chi connectivity index (χ0n) is 15.7. The minimum atomic E-state index is -0.381. The zero-order chi connectivity index (χ0) is 19.5. The smallest absolute Gasteiger partial charge is 0.229 e. The third kappa shape index (κ3) is 3.50. The summed E-state index contributed by atoms with van der Waals surface area (Å²) in [5.41, 5.74) is 1.56. The zero-order valence-corrected chi connectivity index (χ0v) is 15.7. The van der Waals surface area contributed by atoms with Crippen LogP contribution in [0.4, 0.5) is 5.69 Å². The molecular formula is C22H23N3O3. The van der Waals surface area contributed by atoms with Gasteiger partial charge in [-0.1, -0.05) is 30.4 Å². The number of benzene rings is 1. The van der Waals surface area contributed by atoms with Crippen LogP contribution in [0.2, 0.25) is 0 Å². The van der Waals surface area contributed by atoms with E-state index in [9.17, 15) is 9.59 Å². The summed E-state index contributed by atoms with van der Waals surface area (Å²) in [7, 11) is 1.57. The van der Waals surface area contributed by atoms with Gasteiger partial charge >= 0.3 is 0 Å². The number of rotatable bonds is 6. The SMILES string of the molecule is COc1ccccc1NC(=O)[C@H]1[C@H](C(=O)NCc2cccnc2)[C@@H]2C=C[C@H]1C2. The molecular weight excluding hydrogens is 354 g/mol. The Kier molecular flexibility index (Phi) is 5.10. The summed E-state index contributed by atoms with van der Waals surface area (Å²) in [6, 6.07) is 11.1. The summed E-state index contributed by atoms with van der Waals surface area (Å²) in [6.45, 7) is 0.408. The van der Waals surface area contributed by atoms with Crippen molar-refractivity contribution in [2.45, 2.75) is 13.0 Å². The lowest BCUT2D eigenvalue weighted by Crippen LogP contribution is -2.41. The average Bonchev–Trinajstić information content (AvgIpc) is 3.35. The molecule has 0 radical (unpaired) electrons. The second kappa shape index (κ2) is 7.84. The highest BCUT2D eigenvalue weighted by molar-refractivity contribution is 5.98. The summed E-state index contributed by atoms with van der Waals surface area (Å²) in [4.78, 5) is 30.1. The number of carbonyl (C=O) groups excluding carboxylic acids is 2. The molecule has 6 heteroatoms. The Labute approximate surface area is 164 Å². The van der Waals surface area contributed by atoms with Crippen molar-refractivity contribution in [2.24, 2.45) is 23.7 Å². The molecule has 1 heterocycles. The number of amides is 2. The van der Waals surface area contributed by atoms with E-state index in [1.807, 2.05) is 24.3 Å². The molecule has 2 bridgehead atoms. The van der Waals surface area contributed by atoms with Gasteiger partial charge in [-0.15, -0.1) is 0 Å². The number of carbonyl (C=O) groups is 2. The maximum absolute atomic E-state index is 13.1. The molecule has 2 aliphatic carbocycles. The Bertz CT molecular complexity index is 897. The molecule has 0 aliphatic heterocycles. The fraction of sp³-hybridized carbons (Fsp3) is 0.318. The van der Waals surface area contributed by atoms with Crippen molar-refractivity contribution in [3.63, 3.8) is 0 Å². The summed E-state index contributed by atoms with van der Waals surface area (Å²) < 4.78 is 5.32. The van der Waals surface area contributed by atoms with E-state index in [-0.39, 0.29) is 35.5 Å². The lowest BCUT2D eigenvalue weighted by molar-refractivity contribution is -0.133. The molecule has 1 aromatic carbocycles. The number of fused-ring (bicyclic) bond motifs is 2. The van der Waals surface area contributed by atoms with Crippen molar-refractivity contribution in [3.8, 4) is 5.75 Å². The molecule has 6 nitrogen and oxygen atoms in total. The minimum absolute atomic E-state index is 0.0825. The van der Waals surface area contributed by atoms with Gasteiger partial charge in [0.25, 0.3) is 0 Å². The fourth-order valence-corrected chi connectivity index (χ4v) is 4.31. The van der Waals surface area contributed by atoms with E-state index in [1.54, 1.807) is 31.6 Å². The van der Waals surface area contributed by atoms with Crippen molar-refractivity contribution in [3.05, 3.63) is 66.5 Å². The molecule has 0 saturated heterocycles. The predicted molar refractivity (Wildman–Crippen MR) is 105 cm³/mol. The van der Waals surface area contributed by atoms with E-state index < -0.39 is 0 Å². The van der Waals surface area contributed by atoms with Crippen LogP contribution in [0, 0.1) is 23.7 Å². The maximum atomic E-state index is 13.1. The van der Waals surface area contributed by atoms with E-state index in [4.69, 9.17) is 4.74 Å². The van der Waals surface area contributed by atoms with Crippen molar-refractivity contribution >= 4 is 17.5 Å². The van der Waals surface area contributed by atoms with Crippen LogP contribution in [0.15, 0.2) is 60.9 Å². The standard InChI is InChI=1S/C22H23N3O3/c1-28-18-7-3-2-6-17(18)25-22(27)20-16-9-8-15(11-16)19(20)21(26)24-13-14-5-4-10-23-12-14/h2-10,12,15-16,19-20H,11,13H2,1H3,(H,24,26)(H,25,27)/t15-,16+,19-,20-/m1/s1. The Morgan fingerprint density at radius 1 is 1.07 bits per heavy atom. The molecule has 2 N–H and O–H groups in total. The van der Waals surface area contributed by atoms with Gasteiger partial charge in [-0.25, -0.2) is 0 Å². The van der Waals surface area contributed by atoms with Crippen molar-refractivity contribution in [2.75, 3.05) is 12.4 Å². The summed E-state index contributed by atoms with van der Waals surface area (Å²) >= 11 is 0. The van der Waals surface area contributed by atoms with E-state index in [0.717, 1.165) is 12.0 Å². The molecule has 144 valence electrons. The summed E-state index contributed by atoms with van der Waals surface area (Å²) in [5.74, 6) is -0.160. The van der Waals surface area contributed by atoms with Crippen LogP contribution in [0.5, 0.6) is 5.75 Å². The highest BCUT2D eigenvalue weighted by Gasteiger charge is 2.51. The lowest BCUT2D eigenvalue weighted by Gasteiger charge is -2.26. The Morgan fingerprint density at radius 2 is 1.82 bits per heavy atom. The highest BCUT2D eigenvalue weighted by Crippen LogP contribution is 2.48. The Morgan fingerprint density at radius 3 is 2.54 bits per heavy atom. The third-order valence-corrected chi connectivity index (χ3v) is 5.62. The second-order valence-electron chi connectivity index (χ2n) is 7.27. The molecule has 2 amide bonds. The van der Waals surface area contributed by atoms with Crippen LogP contribution in [-0.4, -0.2) is 23.9 Å². The summed E-state index contributed by atoms with van der Waals surface area (Å²) in [5, 5.41) is 5.94. The average molecular weight is 377 g/mol. The number of anilines is 1. The van der Waals surface area contributed by atoms with E-state index in [0.29, 0.717) is 18.0 Å². The van der Waals surface area contributed by atoms with Crippen molar-refractivity contribution in [1.29, 1.82) is 0 Å². The van der Waals surface area contributed by atoms with E-state index in [2.05, 4.69) is 27.8 Å². The number of ether oxygens (including phenoxy) is 1. The van der Waals surface area contributed by atoms with Crippen molar-refractivity contribution < 1.29 is 14.3 Å². The molecule has 4 rings (SSSR count). The van der Waals surface area contributed by atoms with Gasteiger partial charge in [-0.2, -0.15) is 0 Å². The molecule has 1 aromatic heterocycles. The number of aromatic nitrogens is 1. The highest BCUT2D eigenvalue weighted by atomic mass is 16.5. The van der Waals surface area contributed by atoms with Crippen LogP contribution < -0.4 is 15.4 Å². The van der Waals surface area contributed by atoms with E-state index >= 15 is 0 Å². The van der Waals surface area contributed by atoms with Gasteiger partial charge in [0.05, 0.1) is 24.6 Å². The predicted octanol–water partition coefficient (Wildman–Crippen LogP) is 2.78. The first-order valence-electron chi connectivity index (χ1n) is 9.46. The number of nitrogens with one attached hydrogen (secondary N) is 2. The number of nitrogens with zero attached hydrogens (tertiary/aromatic N) is 1. The Balaban J connectivity index is 1.48. The molecule has 0 spiro atoms. The number of hydrogen-bond donors (Lipinski definition) is 2. The molecule has 4 atom stereocenters. The topological polar surface area (TPSA) is 80.3 Å². The largest absolute Gasteiger partial charge is 0.495 e. The van der Waals surface area contributed by atoms with Crippen LogP contribution in [0.1, 0.15) is 12.0 Å². The number of methoxy groups -OCH3 is 1. The monoisotopic (exact) mass is 377 g/mol. The third-order valence-electron chi connectivity index (χ3n) is 5.62. The number of para-hydroxylation sites is 2. The number of allylic oxidation sites excluding steroid dienone is 2. The van der Waals surface area contributed by atoms with Gasteiger partial charge in [0.15, 0.2) is 0 Å². The Hall–Kier alpha value is -3.15. The second-order valence-corrected chi connectivity index (χ2v) is 7.27. The molecule has 2 aliphatic rings. The van der Waals surface area contributed by atoms with Gasteiger partial charge in [0, 0.05) is 18.9 Å². The molecule has 0 unspecified atom stereocenters. The van der Waals surface area contributed by atoms with Crippen LogP contribution >= 0.6 is 0 Å². The first kappa shape index (κ1) is 18.2. The van der Waals surface area contributed by atoms with Crippen LogP contribution in [-0.2, 0) is 16.1 Å². The van der Waals surface area contributed by atoms with Gasteiger partial charge in [-0.05, 0) is 42.0 Å². The van der Waals surface area contributed by atoms with E-state index in [1.165, 1.54) is 0 Å². The minimum Gasteiger partial charge on any atom is -0.495 e. The number of pyridine rings is 1. The van der Waals surface area contributed by atoms with Gasteiger partial charge in [-0.3, -0.25) is 14.6 Å². The van der Waals surface area contributed by atoms with Crippen molar-refractivity contribution in [1.82, 2.24) is 10.3 Å². The fourth-order valence-electron chi connectivity index (χ4n) is 4.31. The summed E-state index contributed by atoms with van der Waals surface area (Å²) in [6.07, 6.45) is 8.42. The molecule has 2 aromatic rings. The van der Waals surface area contributed by atoms with Crippen LogP contribution in [0.25, 0.3) is 0 Å². The molecule has 28 heavy (non-hydrogen) atoms. The van der Waals surface area contributed by atoms with Gasteiger partial charge in [0.2, 0.25) is 11.8 Å². The van der Waals surface area contributed by atoms with Gasteiger partial charge < -0.3 is 15.4 Å². The molecule has 1 fully saturated rings. The van der Waals surface area contributed by atoms with Gasteiger partial charge in [0.1, 0.15) is 5.75 Å². The van der Waals surface area contributed by atoms with Crippen LogP contribution in [0.3, 0.4) is 0 Å².